The summed E-state index contributed by atoms with van der Waals surface area (Å²) in [5.41, 5.74) is 7.65. The number of hydrogen-bond donors (Lipinski definition) is 1. The van der Waals surface area contributed by atoms with Gasteiger partial charge < -0.3 is 10.5 Å². The molecule has 88 valence electrons. The van der Waals surface area contributed by atoms with E-state index >= 15 is 0 Å². The van der Waals surface area contributed by atoms with Crippen LogP contribution >= 0.6 is 15.9 Å². The minimum absolute atomic E-state index is 0.415. The Hall–Kier alpha value is -1.39. The van der Waals surface area contributed by atoms with Crippen LogP contribution in [0.25, 0.3) is 0 Å². The zero-order valence-corrected chi connectivity index (χ0v) is 11.1. The zero-order valence-electron chi connectivity index (χ0n) is 9.48. The summed E-state index contributed by atoms with van der Waals surface area (Å²) in [7, 11) is 0. The van der Waals surface area contributed by atoms with Gasteiger partial charge in [0.15, 0.2) is 0 Å². The van der Waals surface area contributed by atoms with Crippen molar-refractivity contribution in [2.24, 2.45) is 5.73 Å². The number of aromatic nitrogens is 1. The van der Waals surface area contributed by atoms with Crippen LogP contribution in [0.1, 0.15) is 11.1 Å². The molecule has 0 atom stereocenters. The van der Waals surface area contributed by atoms with E-state index in [1.54, 1.807) is 6.20 Å². The van der Waals surface area contributed by atoms with E-state index in [1.807, 2.05) is 37.3 Å². The predicted molar refractivity (Wildman–Crippen MR) is 71.1 cm³/mol. The van der Waals surface area contributed by atoms with Crippen LogP contribution in [0.3, 0.4) is 0 Å². The van der Waals surface area contributed by atoms with Crippen LogP contribution < -0.4 is 10.5 Å². The summed E-state index contributed by atoms with van der Waals surface area (Å²) in [6.07, 6.45) is 1.69. The Morgan fingerprint density at radius 2 is 2.18 bits per heavy atom. The SMILES string of the molecule is Cc1cc(Oc2ncccc2CN)ccc1Br. The number of hydrogen-bond acceptors (Lipinski definition) is 3. The van der Waals surface area contributed by atoms with E-state index in [9.17, 15) is 0 Å². The number of halogens is 1. The van der Waals surface area contributed by atoms with E-state index in [1.165, 1.54) is 0 Å². The average molecular weight is 293 g/mol. The number of nitrogens with two attached hydrogens (primary N) is 1. The molecule has 2 N–H and O–H groups in total. The molecule has 0 unspecified atom stereocenters. The van der Waals surface area contributed by atoms with Crippen LogP contribution in [0, 0.1) is 6.92 Å². The minimum Gasteiger partial charge on any atom is -0.439 e. The van der Waals surface area contributed by atoms with E-state index in [0.29, 0.717) is 12.4 Å². The zero-order chi connectivity index (χ0) is 12.3. The summed E-state index contributed by atoms with van der Waals surface area (Å²) in [6, 6.07) is 9.57. The first kappa shape index (κ1) is 12.1. The third-order valence-electron chi connectivity index (χ3n) is 2.41. The monoisotopic (exact) mass is 292 g/mol. The molecule has 0 aliphatic rings. The van der Waals surface area contributed by atoms with Crippen LogP contribution in [0.2, 0.25) is 0 Å². The molecule has 0 spiro atoms. The number of aryl methyl sites for hydroxylation is 1. The first-order chi connectivity index (χ1) is 8.20. The lowest BCUT2D eigenvalue weighted by molar-refractivity contribution is 0.456. The Labute approximate surface area is 109 Å². The van der Waals surface area contributed by atoms with Crippen molar-refractivity contribution in [3.8, 4) is 11.6 Å². The molecule has 2 rings (SSSR count). The molecule has 17 heavy (non-hydrogen) atoms. The van der Waals surface area contributed by atoms with E-state index in [0.717, 1.165) is 21.3 Å². The van der Waals surface area contributed by atoms with Crippen LogP contribution in [0.15, 0.2) is 41.0 Å². The van der Waals surface area contributed by atoms with Gasteiger partial charge in [0.05, 0.1) is 0 Å². The average Bonchev–Trinajstić information content (AvgIpc) is 2.34. The number of ether oxygens (including phenoxy) is 1. The van der Waals surface area contributed by atoms with Gasteiger partial charge >= 0.3 is 0 Å². The highest BCUT2D eigenvalue weighted by molar-refractivity contribution is 9.10. The molecular weight excluding hydrogens is 280 g/mol. The van der Waals surface area contributed by atoms with Gasteiger partial charge in [-0.25, -0.2) is 4.98 Å². The fraction of sp³-hybridized carbons (Fsp3) is 0.154. The number of pyridine rings is 1. The van der Waals surface area contributed by atoms with Gasteiger partial charge in [-0.1, -0.05) is 22.0 Å². The second kappa shape index (κ2) is 5.29. The van der Waals surface area contributed by atoms with Crippen molar-refractivity contribution < 1.29 is 4.74 Å². The summed E-state index contributed by atoms with van der Waals surface area (Å²) < 4.78 is 6.78. The van der Waals surface area contributed by atoms with Crippen molar-refractivity contribution in [3.05, 3.63) is 52.1 Å². The second-order valence-corrected chi connectivity index (χ2v) is 4.54. The lowest BCUT2D eigenvalue weighted by Crippen LogP contribution is -2.00. The van der Waals surface area contributed by atoms with E-state index in [-0.39, 0.29) is 0 Å². The van der Waals surface area contributed by atoms with Gasteiger partial charge in [-0.3, -0.25) is 0 Å². The smallest absolute Gasteiger partial charge is 0.223 e. The van der Waals surface area contributed by atoms with Crippen molar-refractivity contribution in [1.29, 1.82) is 0 Å². The maximum absolute atomic E-state index is 5.72. The number of benzene rings is 1. The molecule has 0 amide bonds. The summed E-state index contributed by atoms with van der Waals surface area (Å²) in [5.74, 6) is 1.33. The molecule has 2 aromatic rings. The lowest BCUT2D eigenvalue weighted by Gasteiger charge is -2.09. The van der Waals surface area contributed by atoms with E-state index in [4.69, 9.17) is 10.5 Å². The maximum atomic E-state index is 5.72. The first-order valence-corrected chi connectivity index (χ1v) is 6.08. The van der Waals surface area contributed by atoms with Crippen molar-refractivity contribution in [2.45, 2.75) is 13.5 Å². The normalized spacial score (nSPS) is 10.3. The third kappa shape index (κ3) is 2.84. The van der Waals surface area contributed by atoms with E-state index in [2.05, 4.69) is 20.9 Å². The van der Waals surface area contributed by atoms with Crippen molar-refractivity contribution in [3.63, 3.8) is 0 Å². The van der Waals surface area contributed by atoms with Gasteiger partial charge in [0, 0.05) is 22.8 Å². The van der Waals surface area contributed by atoms with Gasteiger partial charge in [0.2, 0.25) is 5.88 Å². The number of nitrogens with zero attached hydrogens (tertiary/aromatic N) is 1. The quantitative estimate of drug-likeness (QED) is 0.943. The molecule has 0 radical (unpaired) electrons. The molecule has 0 saturated heterocycles. The molecule has 0 fully saturated rings. The molecule has 0 saturated carbocycles. The summed E-state index contributed by atoms with van der Waals surface area (Å²) in [6.45, 7) is 2.43. The Morgan fingerprint density at radius 3 is 2.88 bits per heavy atom. The Balaban J connectivity index is 2.28. The highest BCUT2D eigenvalue weighted by Crippen LogP contribution is 2.26. The third-order valence-corrected chi connectivity index (χ3v) is 3.30. The fourth-order valence-electron chi connectivity index (χ4n) is 1.46. The van der Waals surface area contributed by atoms with Gasteiger partial charge in [-0.15, -0.1) is 0 Å². The molecular formula is C13H13BrN2O. The standard InChI is InChI=1S/C13H13BrN2O/c1-9-7-11(4-5-12(9)14)17-13-10(8-15)3-2-6-16-13/h2-7H,8,15H2,1H3. The van der Waals surface area contributed by atoms with Gasteiger partial charge in [-0.2, -0.15) is 0 Å². The molecule has 4 heteroatoms. The summed E-state index contributed by atoms with van der Waals surface area (Å²) >= 11 is 3.45. The Bertz CT molecular complexity index is 529. The lowest BCUT2D eigenvalue weighted by atomic mass is 10.2. The van der Waals surface area contributed by atoms with Gasteiger partial charge in [-0.05, 0) is 36.8 Å². The van der Waals surface area contributed by atoms with E-state index < -0.39 is 0 Å². The predicted octanol–water partition coefficient (Wildman–Crippen LogP) is 3.40. The van der Waals surface area contributed by atoms with Crippen molar-refractivity contribution in [1.82, 2.24) is 4.98 Å². The van der Waals surface area contributed by atoms with Crippen molar-refractivity contribution >= 4 is 15.9 Å². The van der Waals surface area contributed by atoms with Gasteiger partial charge in [0.25, 0.3) is 0 Å². The summed E-state index contributed by atoms with van der Waals surface area (Å²) in [4.78, 5) is 4.18. The Kier molecular flexibility index (Phi) is 3.76. The molecule has 0 aliphatic heterocycles. The van der Waals surface area contributed by atoms with Crippen molar-refractivity contribution in [2.75, 3.05) is 0 Å². The maximum Gasteiger partial charge on any atom is 0.223 e. The van der Waals surface area contributed by atoms with Crippen LogP contribution in [-0.2, 0) is 6.54 Å². The molecule has 0 bridgehead atoms. The second-order valence-electron chi connectivity index (χ2n) is 3.68. The van der Waals surface area contributed by atoms with Crippen LogP contribution in [0.5, 0.6) is 11.6 Å². The van der Waals surface area contributed by atoms with Gasteiger partial charge in [0.1, 0.15) is 5.75 Å². The fourth-order valence-corrected chi connectivity index (χ4v) is 1.71. The molecule has 0 aliphatic carbocycles. The topological polar surface area (TPSA) is 48.1 Å². The molecule has 1 aromatic heterocycles. The first-order valence-electron chi connectivity index (χ1n) is 5.28. The molecule has 1 heterocycles. The van der Waals surface area contributed by atoms with Crippen LogP contribution in [0.4, 0.5) is 0 Å². The number of rotatable bonds is 3. The largest absolute Gasteiger partial charge is 0.439 e. The highest BCUT2D eigenvalue weighted by Gasteiger charge is 2.05. The van der Waals surface area contributed by atoms with Crippen LogP contribution in [-0.4, -0.2) is 4.98 Å². The summed E-state index contributed by atoms with van der Waals surface area (Å²) in [5, 5.41) is 0. The highest BCUT2D eigenvalue weighted by atomic mass is 79.9. The molecule has 1 aromatic carbocycles. The molecule has 3 nitrogen and oxygen atoms in total. The minimum atomic E-state index is 0.415. The Morgan fingerprint density at radius 1 is 1.35 bits per heavy atom.